The number of benzene rings is 2. The van der Waals surface area contributed by atoms with Gasteiger partial charge in [0.2, 0.25) is 0 Å². The summed E-state index contributed by atoms with van der Waals surface area (Å²) in [7, 11) is 3.18. The molecule has 4 rings (SSSR count). The highest BCUT2D eigenvalue weighted by atomic mass is 19.1. The number of ether oxygens (including phenoxy) is 2. The van der Waals surface area contributed by atoms with Gasteiger partial charge in [0.05, 0.1) is 31.7 Å². The van der Waals surface area contributed by atoms with Gasteiger partial charge in [-0.3, -0.25) is 4.79 Å². The average Bonchev–Trinajstić information content (AvgIpc) is 3.29. The molecule has 0 saturated carbocycles. The first-order chi connectivity index (χ1) is 16.5. The van der Waals surface area contributed by atoms with E-state index < -0.39 is 11.6 Å². The minimum atomic E-state index is -0.725. The maximum Gasteiger partial charge on any atom is 0.254 e. The van der Waals surface area contributed by atoms with Gasteiger partial charge in [0.15, 0.2) is 5.82 Å². The van der Waals surface area contributed by atoms with Crippen LogP contribution in [0.4, 0.5) is 8.78 Å². The largest absolute Gasteiger partial charge is 0.497 e. The lowest BCUT2D eigenvalue weighted by molar-refractivity contribution is 0.0952. The van der Waals surface area contributed by atoms with Gasteiger partial charge in [0, 0.05) is 24.6 Å². The minimum absolute atomic E-state index is 0.0237. The van der Waals surface area contributed by atoms with Gasteiger partial charge in [-0.05, 0) is 56.1 Å². The molecule has 1 aliphatic heterocycles. The Morgan fingerprint density at radius 3 is 2.65 bits per heavy atom. The number of piperidine rings is 1. The molecule has 1 fully saturated rings. The molecule has 7 nitrogen and oxygen atoms in total. The van der Waals surface area contributed by atoms with E-state index in [1.54, 1.807) is 20.3 Å². The molecule has 2 N–H and O–H groups in total. The lowest BCUT2D eigenvalue weighted by atomic mass is 9.91. The number of nitrogens with one attached hydrogen (secondary N) is 2. The summed E-state index contributed by atoms with van der Waals surface area (Å²) in [5.41, 5.74) is 2.10. The summed E-state index contributed by atoms with van der Waals surface area (Å²) in [6, 6.07) is 8.91. The van der Waals surface area contributed by atoms with Gasteiger partial charge in [-0.2, -0.15) is 5.10 Å². The minimum Gasteiger partial charge on any atom is -0.497 e. The molecule has 9 heteroatoms. The van der Waals surface area contributed by atoms with Crippen molar-refractivity contribution in [1.29, 1.82) is 0 Å². The molecule has 0 spiro atoms. The Morgan fingerprint density at radius 1 is 1.15 bits per heavy atom. The molecule has 0 radical (unpaired) electrons. The van der Waals surface area contributed by atoms with Crippen LogP contribution in [0.5, 0.6) is 11.5 Å². The molecular weight excluding hydrogens is 442 g/mol. The van der Waals surface area contributed by atoms with Crippen LogP contribution in [0.1, 0.15) is 40.4 Å². The molecule has 0 atom stereocenters. The summed E-state index contributed by atoms with van der Waals surface area (Å²) in [6.45, 7) is 1.96. The summed E-state index contributed by atoms with van der Waals surface area (Å²) < 4.78 is 40.1. The van der Waals surface area contributed by atoms with Crippen LogP contribution in [0.3, 0.4) is 0 Å². The lowest BCUT2D eigenvalue weighted by Gasteiger charge is -2.25. The monoisotopic (exact) mass is 470 g/mol. The molecule has 180 valence electrons. The van der Waals surface area contributed by atoms with E-state index in [-0.39, 0.29) is 17.5 Å². The van der Waals surface area contributed by atoms with Crippen molar-refractivity contribution in [2.45, 2.75) is 25.2 Å². The van der Waals surface area contributed by atoms with E-state index in [1.807, 2.05) is 12.1 Å². The van der Waals surface area contributed by atoms with Crippen LogP contribution < -0.4 is 20.1 Å². The van der Waals surface area contributed by atoms with Crippen LogP contribution in [-0.2, 0) is 6.42 Å². The molecule has 2 heterocycles. The predicted molar refractivity (Wildman–Crippen MR) is 124 cm³/mol. The van der Waals surface area contributed by atoms with E-state index in [0.717, 1.165) is 37.6 Å². The number of nitrogens with zero attached hydrogens (tertiary/aromatic N) is 2. The summed E-state index contributed by atoms with van der Waals surface area (Å²) in [4.78, 5) is 13.2. The number of hydrogen-bond acceptors (Lipinski definition) is 5. The second-order valence-electron chi connectivity index (χ2n) is 8.16. The third kappa shape index (κ3) is 5.04. The number of aromatic nitrogens is 2. The van der Waals surface area contributed by atoms with Gasteiger partial charge < -0.3 is 20.1 Å². The Morgan fingerprint density at radius 2 is 1.94 bits per heavy atom. The number of amides is 1. The molecular formula is C25H28F2N4O3. The molecule has 1 aromatic heterocycles. The van der Waals surface area contributed by atoms with Gasteiger partial charge in [0.25, 0.3) is 5.91 Å². The quantitative estimate of drug-likeness (QED) is 0.526. The van der Waals surface area contributed by atoms with Crippen LogP contribution in [0, 0.1) is 11.6 Å². The van der Waals surface area contributed by atoms with E-state index in [0.29, 0.717) is 35.7 Å². The smallest absolute Gasteiger partial charge is 0.254 e. The summed E-state index contributed by atoms with van der Waals surface area (Å²) >= 11 is 0. The van der Waals surface area contributed by atoms with Crippen LogP contribution in [0.25, 0.3) is 5.69 Å². The third-order valence-electron chi connectivity index (χ3n) is 6.09. The van der Waals surface area contributed by atoms with Crippen molar-refractivity contribution in [2.24, 2.45) is 0 Å². The standard InChI is InChI=1S/C25H28F2N4O3/c1-33-19-5-3-16(23(14-19)34-2)9-12-29-25(32)20-15-30-31(22-6-4-18(26)13-21(22)27)24(20)17-7-10-28-11-8-17/h3-6,13-15,17,28H,7-12H2,1-2H3,(H,29,32). The van der Waals surface area contributed by atoms with E-state index >= 15 is 0 Å². The highest BCUT2D eigenvalue weighted by molar-refractivity contribution is 5.95. The van der Waals surface area contributed by atoms with Crippen molar-refractivity contribution in [2.75, 3.05) is 33.9 Å². The normalized spacial score (nSPS) is 14.1. The van der Waals surface area contributed by atoms with Crippen LogP contribution in [0.2, 0.25) is 0 Å². The Labute approximate surface area is 197 Å². The Hall–Kier alpha value is -3.46. The van der Waals surface area contributed by atoms with Gasteiger partial charge in [-0.15, -0.1) is 0 Å². The molecule has 1 saturated heterocycles. The second kappa shape index (κ2) is 10.6. The average molecular weight is 471 g/mol. The first kappa shape index (κ1) is 23.7. The number of hydrogen-bond donors (Lipinski definition) is 2. The Kier molecular flexibility index (Phi) is 7.42. The SMILES string of the molecule is COc1ccc(CCNC(=O)c2cnn(-c3ccc(F)cc3F)c2C2CCNCC2)c(OC)c1. The first-order valence-electron chi connectivity index (χ1n) is 11.2. The fraction of sp³-hybridized carbons (Fsp3) is 0.360. The molecule has 1 aliphatic rings. The van der Waals surface area contributed by atoms with Crippen molar-refractivity contribution in [3.05, 3.63) is 71.1 Å². The van der Waals surface area contributed by atoms with Crippen molar-refractivity contribution in [3.63, 3.8) is 0 Å². The molecule has 0 bridgehead atoms. The second-order valence-corrected chi connectivity index (χ2v) is 8.16. The number of carbonyl (C=O) groups excluding carboxylic acids is 1. The predicted octanol–water partition coefficient (Wildman–Crippen LogP) is 3.61. The number of carbonyl (C=O) groups is 1. The topological polar surface area (TPSA) is 77.4 Å². The maximum atomic E-state index is 14.6. The molecule has 2 aromatic carbocycles. The fourth-order valence-electron chi connectivity index (χ4n) is 4.33. The fourth-order valence-corrected chi connectivity index (χ4v) is 4.33. The molecule has 0 aliphatic carbocycles. The summed E-state index contributed by atoms with van der Waals surface area (Å²) in [6.07, 6.45) is 3.60. The van der Waals surface area contributed by atoms with Crippen molar-refractivity contribution in [1.82, 2.24) is 20.4 Å². The molecule has 0 unspecified atom stereocenters. The number of rotatable bonds is 8. The summed E-state index contributed by atoms with van der Waals surface area (Å²) in [5.74, 6) is -0.272. The van der Waals surface area contributed by atoms with Gasteiger partial charge in [0.1, 0.15) is 23.0 Å². The zero-order valence-electron chi connectivity index (χ0n) is 19.2. The third-order valence-corrected chi connectivity index (χ3v) is 6.09. The maximum absolute atomic E-state index is 14.6. The van der Waals surface area contributed by atoms with Crippen LogP contribution in [0.15, 0.2) is 42.6 Å². The highest BCUT2D eigenvalue weighted by Gasteiger charge is 2.28. The van der Waals surface area contributed by atoms with Crippen molar-refractivity contribution in [3.8, 4) is 17.2 Å². The molecule has 1 amide bonds. The van der Waals surface area contributed by atoms with E-state index in [4.69, 9.17) is 9.47 Å². The van der Waals surface area contributed by atoms with Crippen molar-refractivity contribution >= 4 is 5.91 Å². The van der Waals surface area contributed by atoms with E-state index in [9.17, 15) is 13.6 Å². The van der Waals surface area contributed by atoms with Gasteiger partial charge >= 0.3 is 0 Å². The van der Waals surface area contributed by atoms with Gasteiger partial charge in [-0.25, -0.2) is 13.5 Å². The van der Waals surface area contributed by atoms with Crippen LogP contribution >= 0.6 is 0 Å². The zero-order chi connectivity index (χ0) is 24.1. The van der Waals surface area contributed by atoms with Crippen molar-refractivity contribution < 1.29 is 23.0 Å². The number of methoxy groups -OCH3 is 2. The zero-order valence-corrected chi connectivity index (χ0v) is 19.2. The van der Waals surface area contributed by atoms with Gasteiger partial charge in [-0.1, -0.05) is 6.07 Å². The van der Waals surface area contributed by atoms with Crippen LogP contribution in [-0.4, -0.2) is 49.5 Å². The number of halogens is 2. The first-order valence-corrected chi connectivity index (χ1v) is 11.2. The van der Waals surface area contributed by atoms with E-state index in [1.165, 1.54) is 23.0 Å². The Balaban J connectivity index is 1.56. The van der Waals surface area contributed by atoms with E-state index in [2.05, 4.69) is 15.7 Å². The lowest BCUT2D eigenvalue weighted by Crippen LogP contribution is -2.31. The highest BCUT2D eigenvalue weighted by Crippen LogP contribution is 2.31. The Bertz CT molecular complexity index is 1160. The molecule has 3 aromatic rings. The molecule has 34 heavy (non-hydrogen) atoms. The summed E-state index contributed by atoms with van der Waals surface area (Å²) in [5, 5.41) is 10.6.